The molecule has 0 N–H and O–H groups in total. The van der Waals surface area contributed by atoms with E-state index < -0.39 is 0 Å². The van der Waals surface area contributed by atoms with Crippen LogP contribution in [-0.4, -0.2) is 19.1 Å². The number of nitrogens with zero attached hydrogens (tertiary/aromatic N) is 4. The van der Waals surface area contributed by atoms with Gasteiger partial charge in [-0.3, -0.25) is 0 Å². The number of benzene rings is 1. The average Bonchev–Trinajstić information content (AvgIpc) is 3.07. The van der Waals surface area contributed by atoms with Crippen LogP contribution < -0.4 is 0 Å². The number of fused-ring (bicyclic) bond motifs is 1. The molecule has 0 aliphatic heterocycles. The fourth-order valence-corrected chi connectivity index (χ4v) is 2.75. The molecule has 4 heteroatoms. The number of imidazole rings is 2. The summed E-state index contributed by atoms with van der Waals surface area (Å²) in [6.45, 7) is 5.13. The van der Waals surface area contributed by atoms with E-state index in [-0.39, 0.29) is 0 Å². The van der Waals surface area contributed by atoms with Crippen LogP contribution in [-0.2, 0) is 6.54 Å². The highest BCUT2D eigenvalue weighted by molar-refractivity contribution is 5.77. The second kappa shape index (κ2) is 4.20. The van der Waals surface area contributed by atoms with Crippen molar-refractivity contribution in [1.29, 1.82) is 0 Å². The van der Waals surface area contributed by atoms with E-state index in [9.17, 15) is 0 Å². The Morgan fingerprint density at radius 1 is 1.15 bits per heavy atom. The van der Waals surface area contributed by atoms with Crippen LogP contribution in [0.4, 0.5) is 0 Å². The zero-order chi connectivity index (χ0) is 13.7. The molecule has 0 atom stereocenters. The molecule has 1 saturated carbocycles. The molecule has 1 aliphatic carbocycles. The van der Waals surface area contributed by atoms with Gasteiger partial charge in [-0.15, -0.1) is 0 Å². The molecule has 102 valence electrons. The van der Waals surface area contributed by atoms with Gasteiger partial charge < -0.3 is 9.13 Å². The van der Waals surface area contributed by atoms with Gasteiger partial charge >= 0.3 is 0 Å². The van der Waals surface area contributed by atoms with Gasteiger partial charge in [-0.1, -0.05) is 0 Å². The lowest BCUT2D eigenvalue weighted by Gasteiger charge is -2.09. The van der Waals surface area contributed by atoms with E-state index in [0.717, 1.165) is 12.1 Å². The molecule has 1 aromatic carbocycles. The van der Waals surface area contributed by atoms with Gasteiger partial charge in [0.05, 0.1) is 35.9 Å². The summed E-state index contributed by atoms with van der Waals surface area (Å²) >= 11 is 0. The van der Waals surface area contributed by atoms with E-state index in [0.29, 0.717) is 6.04 Å². The summed E-state index contributed by atoms with van der Waals surface area (Å²) < 4.78 is 4.53. The van der Waals surface area contributed by atoms with Crippen LogP contribution >= 0.6 is 0 Å². The Bertz CT molecular complexity index is 777. The molecule has 0 amide bonds. The van der Waals surface area contributed by atoms with Crippen LogP contribution in [0.2, 0.25) is 0 Å². The predicted octanol–water partition coefficient (Wildman–Crippen LogP) is 3.23. The molecule has 1 fully saturated rings. The lowest BCUT2D eigenvalue weighted by atomic mass is 10.1. The van der Waals surface area contributed by atoms with Crippen LogP contribution in [0.3, 0.4) is 0 Å². The summed E-state index contributed by atoms with van der Waals surface area (Å²) in [6.07, 6.45) is 8.44. The van der Waals surface area contributed by atoms with Gasteiger partial charge in [0.25, 0.3) is 0 Å². The van der Waals surface area contributed by atoms with Crippen molar-refractivity contribution >= 4 is 11.0 Å². The van der Waals surface area contributed by atoms with Crippen LogP contribution in [0, 0.1) is 13.8 Å². The minimum Gasteiger partial charge on any atom is -0.330 e. The number of aryl methyl sites for hydroxylation is 2. The van der Waals surface area contributed by atoms with Crippen molar-refractivity contribution < 1.29 is 0 Å². The molecular weight excluding hydrogens is 248 g/mol. The zero-order valence-electron chi connectivity index (χ0n) is 11.9. The minimum atomic E-state index is 0.672. The lowest BCUT2D eigenvalue weighted by molar-refractivity contribution is 0.663. The zero-order valence-corrected chi connectivity index (χ0v) is 11.9. The summed E-state index contributed by atoms with van der Waals surface area (Å²) in [6, 6.07) is 5.07. The van der Waals surface area contributed by atoms with Gasteiger partial charge in [-0.25, -0.2) is 9.97 Å². The molecule has 1 aliphatic rings. The second-order valence-corrected chi connectivity index (χ2v) is 5.82. The summed E-state index contributed by atoms with van der Waals surface area (Å²) in [5.41, 5.74) is 6.16. The number of hydrogen-bond acceptors (Lipinski definition) is 2. The topological polar surface area (TPSA) is 35.6 Å². The molecule has 4 rings (SSSR count). The molecule has 20 heavy (non-hydrogen) atoms. The van der Waals surface area contributed by atoms with E-state index >= 15 is 0 Å². The molecule has 0 bridgehead atoms. The van der Waals surface area contributed by atoms with E-state index in [1.165, 1.54) is 35.2 Å². The third-order valence-electron chi connectivity index (χ3n) is 4.26. The molecule has 2 aromatic heterocycles. The maximum atomic E-state index is 4.52. The Morgan fingerprint density at radius 3 is 2.75 bits per heavy atom. The molecule has 0 radical (unpaired) electrons. The Kier molecular flexibility index (Phi) is 2.46. The summed E-state index contributed by atoms with van der Waals surface area (Å²) in [5, 5.41) is 0. The Labute approximate surface area is 118 Å². The third kappa shape index (κ3) is 1.83. The van der Waals surface area contributed by atoms with Crippen LogP contribution in [0.5, 0.6) is 0 Å². The smallest absolute Gasteiger partial charge is 0.0962 e. The van der Waals surface area contributed by atoms with Crippen molar-refractivity contribution in [3.63, 3.8) is 0 Å². The van der Waals surface area contributed by atoms with Gasteiger partial charge in [-0.2, -0.15) is 0 Å². The van der Waals surface area contributed by atoms with Crippen molar-refractivity contribution in [3.8, 4) is 0 Å². The second-order valence-electron chi connectivity index (χ2n) is 5.82. The SMILES string of the molecule is Cc1cc2ncn(Cc3cncn3C3CC3)c2cc1C. The number of rotatable bonds is 3. The quantitative estimate of drug-likeness (QED) is 0.729. The maximum absolute atomic E-state index is 4.52. The standard InChI is InChI=1S/C16H18N4/c1-11-5-15-16(6-12(11)2)19(10-18-15)8-14-7-17-9-20(14)13-3-4-13/h5-7,9-10,13H,3-4,8H2,1-2H3. The summed E-state index contributed by atoms with van der Waals surface area (Å²) in [5.74, 6) is 0. The highest BCUT2D eigenvalue weighted by Crippen LogP contribution is 2.35. The third-order valence-corrected chi connectivity index (χ3v) is 4.26. The van der Waals surface area contributed by atoms with E-state index in [2.05, 4.69) is 45.1 Å². The minimum absolute atomic E-state index is 0.672. The average molecular weight is 266 g/mol. The molecule has 0 spiro atoms. The van der Waals surface area contributed by atoms with Crippen molar-refractivity contribution in [2.24, 2.45) is 0 Å². The lowest BCUT2D eigenvalue weighted by Crippen LogP contribution is -2.05. The van der Waals surface area contributed by atoms with Crippen molar-refractivity contribution in [3.05, 3.63) is 47.8 Å². The molecule has 0 saturated heterocycles. The van der Waals surface area contributed by atoms with Crippen molar-refractivity contribution in [2.75, 3.05) is 0 Å². The van der Waals surface area contributed by atoms with Crippen molar-refractivity contribution in [2.45, 2.75) is 39.3 Å². The van der Waals surface area contributed by atoms with E-state index in [1.54, 1.807) is 0 Å². The molecule has 2 heterocycles. The van der Waals surface area contributed by atoms with Gasteiger partial charge in [0.1, 0.15) is 0 Å². The fourth-order valence-electron chi connectivity index (χ4n) is 2.75. The van der Waals surface area contributed by atoms with Gasteiger partial charge in [0.15, 0.2) is 0 Å². The van der Waals surface area contributed by atoms with E-state index in [1.807, 2.05) is 18.9 Å². The number of aromatic nitrogens is 4. The van der Waals surface area contributed by atoms with Crippen LogP contribution in [0.15, 0.2) is 31.0 Å². The summed E-state index contributed by atoms with van der Waals surface area (Å²) in [7, 11) is 0. The molecule has 4 nitrogen and oxygen atoms in total. The van der Waals surface area contributed by atoms with Crippen molar-refractivity contribution in [1.82, 2.24) is 19.1 Å². The van der Waals surface area contributed by atoms with Gasteiger partial charge in [-0.05, 0) is 49.9 Å². The van der Waals surface area contributed by atoms with Crippen LogP contribution in [0.25, 0.3) is 11.0 Å². The first kappa shape index (κ1) is 11.7. The number of hydrogen-bond donors (Lipinski definition) is 0. The van der Waals surface area contributed by atoms with Gasteiger partial charge in [0, 0.05) is 12.2 Å². The summed E-state index contributed by atoms with van der Waals surface area (Å²) in [4.78, 5) is 8.83. The normalized spacial score (nSPS) is 15.1. The highest BCUT2D eigenvalue weighted by atomic mass is 15.1. The molecular formula is C16H18N4. The van der Waals surface area contributed by atoms with E-state index in [4.69, 9.17) is 0 Å². The first-order chi connectivity index (χ1) is 9.72. The fraction of sp³-hybridized carbons (Fsp3) is 0.375. The highest BCUT2D eigenvalue weighted by Gasteiger charge is 2.25. The molecule has 0 unspecified atom stereocenters. The first-order valence-corrected chi connectivity index (χ1v) is 7.15. The molecule has 3 aromatic rings. The predicted molar refractivity (Wildman–Crippen MR) is 78.8 cm³/mol. The Balaban J connectivity index is 1.75. The Hall–Kier alpha value is -2.10. The van der Waals surface area contributed by atoms with Crippen LogP contribution in [0.1, 0.15) is 35.7 Å². The Morgan fingerprint density at radius 2 is 1.95 bits per heavy atom. The maximum Gasteiger partial charge on any atom is 0.0962 e. The largest absolute Gasteiger partial charge is 0.330 e. The van der Waals surface area contributed by atoms with Gasteiger partial charge in [0.2, 0.25) is 0 Å². The monoisotopic (exact) mass is 266 g/mol. The first-order valence-electron chi connectivity index (χ1n) is 7.15.